The molecule has 0 radical (unpaired) electrons. The van der Waals surface area contributed by atoms with Crippen LogP contribution in [0, 0.1) is 0 Å². The lowest BCUT2D eigenvalue weighted by molar-refractivity contribution is 0.0697. The molecule has 6 heteroatoms. The van der Waals surface area contributed by atoms with Crippen LogP contribution in [0.5, 0.6) is 0 Å². The lowest BCUT2D eigenvalue weighted by atomic mass is 10.2. The monoisotopic (exact) mass is 263 g/mol. The minimum atomic E-state index is -0.990. The molecular formula is C13H17N3O3. The van der Waals surface area contributed by atoms with Crippen LogP contribution in [0.4, 0.5) is 0 Å². The Balaban J connectivity index is 2.36. The van der Waals surface area contributed by atoms with E-state index in [1.54, 1.807) is 10.6 Å². The maximum Gasteiger partial charge on any atom is 0.335 e. The number of aromatic nitrogens is 2. The van der Waals surface area contributed by atoms with Gasteiger partial charge in [0.1, 0.15) is 0 Å². The third kappa shape index (κ3) is 2.85. The lowest BCUT2D eigenvalue weighted by Gasteiger charge is -2.09. The molecule has 0 aliphatic heterocycles. The number of hydrogen-bond acceptors (Lipinski definition) is 3. The molecule has 0 spiro atoms. The van der Waals surface area contributed by atoms with Crippen LogP contribution in [0.1, 0.15) is 16.8 Å². The van der Waals surface area contributed by atoms with Gasteiger partial charge in [0.05, 0.1) is 16.6 Å². The van der Waals surface area contributed by atoms with Gasteiger partial charge in [-0.3, -0.25) is 4.57 Å². The van der Waals surface area contributed by atoms with Crippen LogP contribution in [-0.4, -0.2) is 46.2 Å². The van der Waals surface area contributed by atoms with E-state index in [-0.39, 0.29) is 11.3 Å². The minimum absolute atomic E-state index is 0.188. The highest BCUT2D eigenvalue weighted by Crippen LogP contribution is 2.13. The first-order valence-electron chi connectivity index (χ1n) is 6.09. The quantitative estimate of drug-likeness (QED) is 0.843. The van der Waals surface area contributed by atoms with Crippen molar-refractivity contribution in [3.05, 3.63) is 34.2 Å². The summed E-state index contributed by atoms with van der Waals surface area (Å²) in [5.74, 6) is -0.990. The molecule has 0 saturated heterocycles. The van der Waals surface area contributed by atoms with Crippen molar-refractivity contribution in [1.82, 2.24) is 14.5 Å². The van der Waals surface area contributed by atoms with Crippen molar-refractivity contribution >= 4 is 17.0 Å². The second kappa shape index (κ2) is 5.27. The number of benzene rings is 1. The molecule has 0 unspecified atom stereocenters. The third-order valence-electron chi connectivity index (χ3n) is 3.01. The predicted octanol–water partition coefficient (Wildman–Crippen LogP) is 0.980. The number of aryl methyl sites for hydroxylation is 1. The molecule has 1 heterocycles. The van der Waals surface area contributed by atoms with E-state index in [4.69, 9.17) is 5.11 Å². The van der Waals surface area contributed by atoms with Crippen LogP contribution in [-0.2, 0) is 6.54 Å². The highest BCUT2D eigenvalue weighted by atomic mass is 16.4. The number of hydrogen-bond donors (Lipinski definition) is 2. The Morgan fingerprint density at radius 1 is 1.42 bits per heavy atom. The third-order valence-corrected chi connectivity index (χ3v) is 3.01. The second-order valence-corrected chi connectivity index (χ2v) is 4.78. The number of imidazole rings is 1. The van der Waals surface area contributed by atoms with Crippen molar-refractivity contribution in [1.29, 1.82) is 0 Å². The van der Waals surface area contributed by atoms with Crippen LogP contribution in [0.25, 0.3) is 11.0 Å². The van der Waals surface area contributed by atoms with Crippen molar-refractivity contribution in [3.63, 3.8) is 0 Å². The number of fused-ring (bicyclic) bond motifs is 1. The van der Waals surface area contributed by atoms with Crippen molar-refractivity contribution in [2.75, 3.05) is 20.6 Å². The number of carbonyl (C=O) groups is 1. The van der Waals surface area contributed by atoms with Crippen LogP contribution in [0.2, 0.25) is 0 Å². The van der Waals surface area contributed by atoms with Crippen molar-refractivity contribution < 1.29 is 9.90 Å². The molecule has 0 fully saturated rings. The zero-order chi connectivity index (χ0) is 14.0. The van der Waals surface area contributed by atoms with E-state index < -0.39 is 5.97 Å². The van der Waals surface area contributed by atoms with Crippen LogP contribution < -0.4 is 5.69 Å². The average molecular weight is 263 g/mol. The topological polar surface area (TPSA) is 78.3 Å². The number of aromatic carboxylic acids is 1. The van der Waals surface area contributed by atoms with Gasteiger partial charge in [-0.05, 0) is 45.3 Å². The molecule has 0 amide bonds. The maximum atomic E-state index is 11.8. The summed E-state index contributed by atoms with van der Waals surface area (Å²) in [7, 11) is 3.95. The van der Waals surface area contributed by atoms with E-state index >= 15 is 0 Å². The number of H-pyrrole nitrogens is 1. The SMILES string of the molecule is CN(C)CCCn1c(=O)[nH]c2ccc(C(=O)O)cc21. The Kier molecular flexibility index (Phi) is 3.71. The summed E-state index contributed by atoms with van der Waals surface area (Å²) in [6.07, 6.45) is 0.831. The van der Waals surface area contributed by atoms with Gasteiger partial charge < -0.3 is 15.0 Å². The number of carboxylic acid groups (broad SMARTS) is 1. The Hall–Kier alpha value is -2.08. The molecule has 2 rings (SSSR count). The van der Waals surface area contributed by atoms with Crippen molar-refractivity contribution in [2.24, 2.45) is 0 Å². The van der Waals surface area contributed by atoms with Gasteiger partial charge in [0.2, 0.25) is 0 Å². The molecular weight excluding hydrogens is 246 g/mol. The molecule has 6 nitrogen and oxygen atoms in total. The molecule has 1 aromatic heterocycles. The molecule has 102 valence electrons. The van der Waals surface area contributed by atoms with Crippen LogP contribution >= 0.6 is 0 Å². The first-order chi connectivity index (χ1) is 8.99. The van der Waals surface area contributed by atoms with Crippen LogP contribution in [0.3, 0.4) is 0 Å². The summed E-state index contributed by atoms with van der Waals surface area (Å²) in [4.78, 5) is 27.6. The summed E-state index contributed by atoms with van der Waals surface area (Å²) in [6.45, 7) is 1.44. The Bertz CT molecular complexity index is 655. The largest absolute Gasteiger partial charge is 0.478 e. The molecule has 0 atom stereocenters. The number of nitrogens with one attached hydrogen (secondary N) is 1. The summed E-state index contributed by atoms with van der Waals surface area (Å²) in [5, 5.41) is 8.99. The smallest absolute Gasteiger partial charge is 0.335 e. The van der Waals surface area contributed by atoms with Gasteiger partial charge in [-0.15, -0.1) is 0 Å². The Morgan fingerprint density at radius 2 is 2.16 bits per heavy atom. The standard InChI is InChI=1S/C13H17N3O3/c1-15(2)6-3-7-16-11-8-9(12(17)18)4-5-10(11)14-13(16)19/h4-5,8H,3,6-7H2,1-2H3,(H,14,19)(H,17,18). The zero-order valence-electron chi connectivity index (χ0n) is 11.0. The first-order valence-corrected chi connectivity index (χ1v) is 6.09. The van der Waals surface area contributed by atoms with E-state index in [0.717, 1.165) is 13.0 Å². The van der Waals surface area contributed by atoms with Crippen molar-refractivity contribution in [2.45, 2.75) is 13.0 Å². The summed E-state index contributed by atoms with van der Waals surface area (Å²) in [5.41, 5.74) is 1.30. The Labute approximate surface area is 110 Å². The molecule has 0 bridgehead atoms. The highest BCUT2D eigenvalue weighted by Gasteiger charge is 2.10. The maximum absolute atomic E-state index is 11.8. The second-order valence-electron chi connectivity index (χ2n) is 4.78. The summed E-state index contributed by atoms with van der Waals surface area (Å²) < 4.78 is 1.59. The van der Waals surface area contributed by atoms with Gasteiger partial charge in [0.25, 0.3) is 0 Å². The highest BCUT2D eigenvalue weighted by molar-refractivity contribution is 5.92. The Morgan fingerprint density at radius 3 is 2.79 bits per heavy atom. The van der Waals surface area contributed by atoms with E-state index in [2.05, 4.69) is 4.98 Å². The number of nitrogens with zero attached hydrogens (tertiary/aromatic N) is 2. The van der Waals surface area contributed by atoms with Crippen molar-refractivity contribution in [3.8, 4) is 0 Å². The first kappa shape index (κ1) is 13.4. The van der Waals surface area contributed by atoms with Crippen LogP contribution in [0.15, 0.2) is 23.0 Å². The van der Waals surface area contributed by atoms with Gasteiger partial charge >= 0.3 is 11.7 Å². The fourth-order valence-corrected chi connectivity index (χ4v) is 2.05. The van der Waals surface area contributed by atoms with Gasteiger partial charge in [-0.25, -0.2) is 9.59 Å². The van der Waals surface area contributed by atoms with Gasteiger partial charge in [0, 0.05) is 6.54 Å². The molecule has 2 N–H and O–H groups in total. The summed E-state index contributed by atoms with van der Waals surface area (Å²) in [6, 6.07) is 4.65. The average Bonchev–Trinajstić information content (AvgIpc) is 2.64. The summed E-state index contributed by atoms with van der Waals surface area (Å²) >= 11 is 0. The molecule has 0 aliphatic rings. The van der Waals surface area contributed by atoms with E-state index in [9.17, 15) is 9.59 Å². The minimum Gasteiger partial charge on any atom is -0.478 e. The lowest BCUT2D eigenvalue weighted by Crippen LogP contribution is -2.20. The van der Waals surface area contributed by atoms with E-state index in [1.165, 1.54) is 12.1 Å². The number of aromatic amines is 1. The molecule has 19 heavy (non-hydrogen) atoms. The molecule has 1 aromatic carbocycles. The fourth-order valence-electron chi connectivity index (χ4n) is 2.05. The van der Waals surface area contributed by atoms with E-state index in [1.807, 2.05) is 19.0 Å². The zero-order valence-corrected chi connectivity index (χ0v) is 11.0. The van der Waals surface area contributed by atoms with Gasteiger partial charge in [0.15, 0.2) is 0 Å². The van der Waals surface area contributed by atoms with E-state index in [0.29, 0.717) is 17.6 Å². The molecule has 2 aromatic rings. The van der Waals surface area contributed by atoms with Gasteiger partial charge in [-0.2, -0.15) is 0 Å². The normalized spacial score (nSPS) is 11.3. The van der Waals surface area contributed by atoms with Gasteiger partial charge in [-0.1, -0.05) is 0 Å². The number of carboxylic acids is 1. The predicted molar refractivity (Wildman–Crippen MR) is 72.7 cm³/mol. The molecule has 0 aliphatic carbocycles. The fraction of sp³-hybridized carbons (Fsp3) is 0.385. The molecule has 0 saturated carbocycles. The number of rotatable bonds is 5.